The van der Waals surface area contributed by atoms with Gasteiger partial charge in [0.15, 0.2) is 0 Å². The Morgan fingerprint density at radius 1 is 1.07 bits per heavy atom. The van der Waals surface area contributed by atoms with Gasteiger partial charge in [0.1, 0.15) is 0 Å². The maximum Gasteiger partial charge on any atom is 0.0843 e. The zero-order valence-electron chi connectivity index (χ0n) is 9.36. The topological polar surface area (TPSA) is 80.9 Å². The van der Waals surface area contributed by atoms with Gasteiger partial charge in [-0.3, -0.25) is 0 Å². The molecule has 0 spiro atoms. The van der Waals surface area contributed by atoms with Crippen LogP contribution in [0, 0.1) is 5.41 Å². The second kappa shape index (κ2) is 10.1. The summed E-state index contributed by atoms with van der Waals surface area (Å²) in [7, 11) is 0. The molecule has 86 valence electrons. The molecule has 0 rings (SSSR count). The van der Waals surface area contributed by atoms with Crippen LogP contribution in [0.1, 0.15) is 27.7 Å². The van der Waals surface area contributed by atoms with Crippen molar-refractivity contribution in [1.29, 1.82) is 0 Å². The van der Waals surface area contributed by atoms with E-state index >= 15 is 0 Å². The Kier molecular flexibility index (Phi) is 14.4. The molecular formula is C9H22O4Ti. The minimum Gasteiger partial charge on any atom is -0.396 e. The number of aliphatic hydroxyl groups excluding tert-OH is 4. The largest absolute Gasteiger partial charge is 0.396 e. The fraction of sp³-hybridized carbons (Fsp3) is 1.00. The number of aliphatic hydroxyl groups is 4. The Labute approximate surface area is 101 Å². The van der Waals surface area contributed by atoms with Crippen LogP contribution in [-0.4, -0.2) is 45.8 Å². The standard InChI is InChI=1S/C6H14O3.C3H8O.Ti/c1-6(2,4-8)5(9)3-7;1-3(2)4;/h5,7-9H,3-4H2,1-2H3;3-4H,1-2H3;/t5-;;/m0../s1. The summed E-state index contributed by atoms with van der Waals surface area (Å²) in [6.07, 6.45) is -0.998. The van der Waals surface area contributed by atoms with E-state index in [0.717, 1.165) is 0 Å². The molecule has 0 heterocycles. The SMILES string of the molecule is CC(C)(CO)[C@@H](O)CO.CC(C)O.[Ti]. The Morgan fingerprint density at radius 2 is 1.36 bits per heavy atom. The molecule has 14 heavy (non-hydrogen) atoms. The van der Waals surface area contributed by atoms with Crippen LogP contribution in [0.25, 0.3) is 0 Å². The third kappa shape index (κ3) is 12.6. The van der Waals surface area contributed by atoms with Gasteiger partial charge in [0.25, 0.3) is 0 Å². The quantitative estimate of drug-likeness (QED) is 0.514. The number of rotatable bonds is 3. The first kappa shape index (κ1) is 20.0. The van der Waals surface area contributed by atoms with Crippen molar-refractivity contribution in [3.8, 4) is 0 Å². The van der Waals surface area contributed by atoms with Gasteiger partial charge in [-0.2, -0.15) is 0 Å². The van der Waals surface area contributed by atoms with Gasteiger partial charge in [-0.15, -0.1) is 0 Å². The van der Waals surface area contributed by atoms with Crippen molar-refractivity contribution < 1.29 is 42.1 Å². The van der Waals surface area contributed by atoms with Gasteiger partial charge in [0, 0.05) is 33.2 Å². The van der Waals surface area contributed by atoms with Crippen molar-refractivity contribution in [2.24, 2.45) is 5.41 Å². The van der Waals surface area contributed by atoms with E-state index in [-0.39, 0.29) is 41.0 Å². The summed E-state index contributed by atoms with van der Waals surface area (Å²) in [4.78, 5) is 0. The van der Waals surface area contributed by atoms with E-state index in [9.17, 15) is 0 Å². The molecule has 5 heteroatoms. The van der Waals surface area contributed by atoms with Crippen LogP contribution < -0.4 is 0 Å². The van der Waals surface area contributed by atoms with Crippen molar-refractivity contribution in [1.82, 2.24) is 0 Å². The Bertz CT molecular complexity index is 115. The molecule has 1 atom stereocenters. The molecular weight excluding hydrogens is 220 g/mol. The summed E-state index contributed by atoms with van der Waals surface area (Å²) >= 11 is 0. The second-order valence-corrected chi connectivity index (χ2v) is 3.94. The third-order valence-corrected chi connectivity index (χ3v) is 1.48. The molecule has 4 N–H and O–H groups in total. The van der Waals surface area contributed by atoms with Crippen LogP contribution >= 0.6 is 0 Å². The van der Waals surface area contributed by atoms with Crippen molar-refractivity contribution in [2.45, 2.75) is 39.9 Å². The van der Waals surface area contributed by atoms with Crippen LogP contribution in [0.2, 0.25) is 0 Å². The van der Waals surface area contributed by atoms with E-state index in [1.807, 2.05) is 0 Å². The monoisotopic (exact) mass is 242 g/mol. The molecule has 0 amide bonds. The van der Waals surface area contributed by atoms with Gasteiger partial charge in [0.05, 0.1) is 19.3 Å². The summed E-state index contributed by atoms with van der Waals surface area (Å²) in [5.41, 5.74) is -0.589. The average molecular weight is 242 g/mol. The molecule has 0 unspecified atom stereocenters. The van der Waals surface area contributed by atoms with Crippen LogP contribution in [0.15, 0.2) is 0 Å². The molecule has 0 saturated carbocycles. The van der Waals surface area contributed by atoms with Crippen LogP contribution in [0.3, 0.4) is 0 Å². The van der Waals surface area contributed by atoms with Gasteiger partial charge in [-0.25, -0.2) is 0 Å². The minimum absolute atomic E-state index is 0. The molecule has 0 aliphatic carbocycles. The van der Waals surface area contributed by atoms with Crippen molar-refractivity contribution >= 4 is 0 Å². The Hall–Kier alpha value is 0.554. The van der Waals surface area contributed by atoms with Crippen LogP contribution in [-0.2, 0) is 21.7 Å². The first-order valence-electron chi connectivity index (χ1n) is 4.35. The van der Waals surface area contributed by atoms with E-state index in [4.69, 9.17) is 20.4 Å². The normalized spacial score (nSPS) is 12.6. The van der Waals surface area contributed by atoms with Gasteiger partial charge < -0.3 is 20.4 Å². The Balaban J connectivity index is -0.000000209. The molecule has 0 aromatic heterocycles. The van der Waals surface area contributed by atoms with E-state index in [1.54, 1.807) is 27.7 Å². The zero-order valence-corrected chi connectivity index (χ0v) is 10.9. The Morgan fingerprint density at radius 3 is 1.43 bits per heavy atom. The molecule has 4 nitrogen and oxygen atoms in total. The first-order chi connectivity index (χ1) is 5.77. The molecule has 0 fully saturated rings. The second-order valence-electron chi connectivity index (χ2n) is 3.94. The van der Waals surface area contributed by atoms with E-state index < -0.39 is 11.5 Å². The molecule has 0 aromatic rings. The van der Waals surface area contributed by atoms with E-state index in [0.29, 0.717) is 0 Å². The maximum atomic E-state index is 8.98. The van der Waals surface area contributed by atoms with E-state index in [1.165, 1.54) is 0 Å². The smallest absolute Gasteiger partial charge is 0.0843 e. The average Bonchev–Trinajstić information content (AvgIpc) is 2.02. The zero-order chi connectivity index (χ0) is 11.1. The molecule has 0 aromatic carbocycles. The summed E-state index contributed by atoms with van der Waals surface area (Å²) in [6, 6.07) is 0. The maximum absolute atomic E-state index is 8.98. The third-order valence-electron chi connectivity index (χ3n) is 1.48. The van der Waals surface area contributed by atoms with Crippen molar-refractivity contribution in [3.63, 3.8) is 0 Å². The van der Waals surface area contributed by atoms with Crippen molar-refractivity contribution in [2.75, 3.05) is 13.2 Å². The molecule has 0 saturated heterocycles. The number of hydrogen-bond acceptors (Lipinski definition) is 4. The van der Waals surface area contributed by atoms with Crippen LogP contribution in [0.5, 0.6) is 0 Å². The summed E-state index contributed by atoms with van der Waals surface area (Å²) < 4.78 is 0. The molecule has 0 aliphatic heterocycles. The predicted octanol–water partition coefficient (Wildman–Crippen LogP) is -0.257. The first-order valence-corrected chi connectivity index (χ1v) is 4.35. The van der Waals surface area contributed by atoms with Gasteiger partial charge in [-0.05, 0) is 13.8 Å². The van der Waals surface area contributed by atoms with Gasteiger partial charge in [-0.1, -0.05) is 13.8 Å². The molecule has 0 aliphatic rings. The summed E-state index contributed by atoms with van der Waals surface area (Å²) in [5.74, 6) is 0. The van der Waals surface area contributed by atoms with E-state index in [2.05, 4.69) is 0 Å². The molecule has 0 bridgehead atoms. The summed E-state index contributed by atoms with van der Waals surface area (Å²) in [6.45, 7) is 6.41. The van der Waals surface area contributed by atoms with Crippen molar-refractivity contribution in [3.05, 3.63) is 0 Å². The number of hydrogen-bond donors (Lipinski definition) is 4. The minimum atomic E-state index is -0.831. The van der Waals surface area contributed by atoms with Gasteiger partial charge >= 0.3 is 0 Å². The fourth-order valence-electron chi connectivity index (χ4n) is 0.352. The van der Waals surface area contributed by atoms with Gasteiger partial charge in [0.2, 0.25) is 0 Å². The molecule has 0 radical (unpaired) electrons. The fourth-order valence-corrected chi connectivity index (χ4v) is 0.352. The van der Waals surface area contributed by atoms with Crippen LogP contribution in [0.4, 0.5) is 0 Å². The predicted molar refractivity (Wildman–Crippen MR) is 51.3 cm³/mol. The summed E-state index contributed by atoms with van der Waals surface area (Å²) in [5, 5.41) is 34.1.